The van der Waals surface area contributed by atoms with Crippen LogP contribution in [0.3, 0.4) is 0 Å². The zero-order valence-electron chi connectivity index (χ0n) is 22.4. The van der Waals surface area contributed by atoms with E-state index in [9.17, 15) is 43.9 Å². The summed E-state index contributed by atoms with van der Waals surface area (Å²) in [6, 6.07) is 5.08. The highest BCUT2D eigenvalue weighted by atomic mass is 32.2. The Morgan fingerprint density at radius 2 is 1.60 bits per heavy atom. The van der Waals surface area contributed by atoms with E-state index in [0.717, 1.165) is 4.90 Å². The smallest absolute Gasteiger partial charge is 0.341 e. The van der Waals surface area contributed by atoms with Crippen LogP contribution >= 0.6 is 0 Å². The van der Waals surface area contributed by atoms with Gasteiger partial charge in [-0.15, -0.1) is 0 Å². The third kappa shape index (κ3) is 7.54. The molecule has 1 saturated heterocycles. The first-order chi connectivity index (χ1) is 18.3. The molecule has 0 spiro atoms. The molecule has 3 rings (SSSR count). The number of amides is 1. The molecule has 0 bridgehead atoms. The fraction of sp³-hybridized carbons (Fsp3) is 0.519. The Morgan fingerprint density at radius 1 is 1.02 bits per heavy atom. The van der Waals surface area contributed by atoms with Crippen LogP contribution in [0.1, 0.15) is 54.0 Å². The molecule has 1 heterocycles. The summed E-state index contributed by atoms with van der Waals surface area (Å²) in [5.74, 6) is -2.91. The number of carbonyl (C=O) groups excluding carboxylic acids is 1. The number of hydrogen-bond donors (Lipinski definition) is 0. The standard InChI is InChI=1S/C27H31F7N2O3S/c1-16(2)15-40(38,39)36-8-7-23(24(14-36)22-6-5-21(28)9-17(22)3)25(37)35(4)13-18-10-19(26(29,30)31)12-20(11-18)27(32,33)34/h5-6,9-12,16,23-24H,7-8,13-15H2,1-4H3. The van der Waals surface area contributed by atoms with Crippen LogP contribution in [0.25, 0.3) is 0 Å². The lowest BCUT2D eigenvalue weighted by molar-refractivity contribution is -0.143. The van der Waals surface area contributed by atoms with Gasteiger partial charge in [-0.2, -0.15) is 26.3 Å². The summed E-state index contributed by atoms with van der Waals surface area (Å²) < 4.78 is 121. The fourth-order valence-electron chi connectivity index (χ4n) is 5.11. The van der Waals surface area contributed by atoms with E-state index in [2.05, 4.69) is 0 Å². The van der Waals surface area contributed by atoms with Crippen molar-refractivity contribution in [3.05, 3.63) is 70.0 Å². The van der Waals surface area contributed by atoms with Crippen molar-refractivity contribution in [3.63, 3.8) is 0 Å². The number of nitrogens with zero attached hydrogens (tertiary/aromatic N) is 2. The van der Waals surface area contributed by atoms with E-state index in [1.165, 1.54) is 29.6 Å². The van der Waals surface area contributed by atoms with Gasteiger partial charge in [-0.05, 0) is 66.3 Å². The maximum absolute atomic E-state index is 13.8. The Morgan fingerprint density at radius 3 is 2.10 bits per heavy atom. The van der Waals surface area contributed by atoms with Crippen LogP contribution in [-0.4, -0.2) is 49.4 Å². The molecule has 2 aromatic carbocycles. The van der Waals surface area contributed by atoms with E-state index in [1.807, 2.05) is 0 Å². The van der Waals surface area contributed by atoms with E-state index in [-0.39, 0.29) is 42.8 Å². The van der Waals surface area contributed by atoms with Crippen molar-refractivity contribution < 1.29 is 43.9 Å². The van der Waals surface area contributed by atoms with Gasteiger partial charge in [0.15, 0.2) is 0 Å². The van der Waals surface area contributed by atoms with Crippen molar-refractivity contribution in [2.45, 2.75) is 52.0 Å². The number of aryl methyl sites for hydroxylation is 1. The average molecular weight is 597 g/mol. The summed E-state index contributed by atoms with van der Waals surface area (Å²) in [4.78, 5) is 14.6. The molecule has 0 radical (unpaired) electrons. The number of sulfonamides is 1. The van der Waals surface area contributed by atoms with Crippen LogP contribution in [0.4, 0.5) is 30.7 Å². The molecule has 1 aliphatic heterocycles. The van der Waals surface area contributed by atoms with Gasteiger partial charge in [0.2, 0.25) is 15.9 Å². The maximum Gasteiger partial charge on any atom is 0.416 e. The molecular weight excluding hydrogens is 565 g/mol. The topological polar surface area (TPSA) is 57.7 Å². The van der Waals surface area contributed by atoms with Gasteiger partial charge in [0, 0.05) is 38.5 Å². The zero-order chi connectivity index (χ0) is 30.2. The molecule has 5 nitrogen and oxygen atoms in total. The first kappa shape index (κ1) is 31.9. The van der Waals surface area contributed by atoms with E-state index < -0.39 is 63.6 Å². The van der Waals surface area contributed by atoms with Gasteiger partial charge < -0.3 is 4.90 Å². The molecule has 0 aliphatic carbocycles. The van der Waals surface area contributed by atoms with Crippen LogP contribution in [0.5, 0.6) is 0 Å². The summed E-state index contributed by atoms with van der Waals surface area (Å²) in [6.07, 6.45) is -9.99. The summed E-state index contributed by atoms with van der Waals surface area (Å²) in [6.45, 7) is 4.52. The Hall–Kier alpha value is -2.67. The number of halogens is 7. The summed E-state index contributed by atoms with van der Waals surface area (Å²) in [5, 5.41) is 0. The first-order valence-corrected chi connectivity index (χ1v) is 14.2. The maximum atomic E-state index is 13.8. The summed E-state index contributed by atoms with van der Waals surface area (Å²) >= 11 is 0. The van der Waals surface area contributed by atoms with E-state index >= 15 is 0 Å². The molecular formula is C27H31F7N2O3S. The fourth-order valence-corrected chi connectivity index (χ4v) is 6.94. The molecule has 40 heavy (non-hydrogen) atoms. The van der Waals surface area contributed by atoms with Gasteiger partial charge in [0.25, 0.3) is 0 Å². The van der Waals surface area contributed by atoms with Crippen LogP contribution in [0, 0.1) is 24.6 Å². The highest BCUT2D eigenvalue weighted by molar-refractivity contribution is 7.89. The zero-order valence-corrected chi connectivity index (χ0v) is 23.2. The number of carbonyl (C=O) groups is 1. The van der Waals surface area contributed by atoms with Gasteiger partial charge in [-0.1, -0.05) is 19.9 Å². The molecule has 1 amide bonds. The van der Waals surface area contributed by atoms with Crippen LogP contribution in [-0.2, 0) is 33.7 Å². The predicted molar refractivity (Wildman–Crippen MR) is 135 cm³/mol. The molecule has 13 heteroatoms. The number of benzene rings is 2. The second-order valence-electron chi connectivity index (χ2n) is 10.6. The third-order valence-electron chi connectivity index (χ3n) is 6.90. The monoisotopic (exact) mass is 596 g/mol. The van der Waals surface area contributed by atoms with Gasteiger partial charge >= 0.3 is 12.4 Å². The van der Waals surface area contributed by atoms with E-state index in [4.69, 9.17) is 0 Å². The van der Waals surface area contributed by atoms with Gasteiger partial charge in [-0.3, -0.25) is 4.79 Å². The van der Waals surface area contributed by atoms with Gasteiger partial charge in [0.1, 0.15) is 5.82 Å². The van der Waals surface area contributed by atoms with E-state index in [0.29, 0.717) is 23.3 Å². The van der Waals surface area contributed by atoms with Crippen LogP contribution < -0.4 is 0 Å². The first-order valence-electron chi connectivity index (χ1n) is 12.6. The second kappa shape index (κ2) is 11.7. The minimum atomic E-state index is -5.03. The quantitative estimate of drug-likeness (QED) is 0.357. The summed E-state index contributed by atoms with van der Waals surface area (Å²) in [7, 11) is -2.41. The highest BCUT2D eigenvalue weighted by Gasteiger charge is 2.41. The SMILES string of the molecule is Cc1cc(F)ccc1C1CN(S(=O)(=O)CC(C)C)CCC1C(=O)N(C)Cc1cc(C(F)(F)F)cc(C(F)(F)F)c1. The Balaban J connectivity index is 1.95. The predicted octanol–water partition coefficient (Wildman–Crippen LogP) is 6.22. The number of piperidine rings is 1. The van der Waals surface area contributed by atoms with Crippen molar-refractivity contribution >= 4 is 15.9 Å². The number of rotatable bonds is 7. The molecule has 222 valence electrons. The molecule has 1 aliphatic rings. The normalized spacial score (nSPS) is 19.2. The van der Waals surface area contributed by atoms with Crippen molar-refractivity contribution in [2.75, 3.05) is 25.9 Å². The highest BCUT2D eigenvalue weighted by Crippen LogP contribution is 2.39. The molecule has 2 unspecified atom stereocenters. The van der Waals surface area contributed by atoms with Crippen LogP contribution in [0.15, 0.2) is 36.4 Å². The van der Waals surface area contributed by atoms with Crippen molar-refractivity contribution in [1.82, 2.24) is 9.21 Å². The Bertz CT molecular complexity index is 1310. The number of hydrogen-bond acceptors (Lipinski definition) is 3. The second-order valence-corrected chi connectivity index (χ2v) is 12.7. The Labute approximate surface area is 229 Å². The molecule has 1 fully saturated rings. The minimum absolute atomic E-state index is 0.0117. The van der Waals surface area contributed by atoms with Crippen LogP contribution in [0.2, 0.25) is 0 Å². The Kier molecular flexibility index (Phi) is 9.29. The lowest BCUT2D eigenvalue weighted by Gasteiger charge is -2.39. The summed E-state index contributed by atoms with van der Waals surface area (Å²) in [5.41, 5.74) is -2.30. The van der Waals surface area contributed by atoms with Crippen molar-refractivity contribution in [1.29, 1.82) is 0 Å². The largest absolute Gasteiger partial charge is 0.416 e. The molecule has 0 N–H and O–H groups in total. The minimum Gasteiger partial charge on any atom is -0.341 e. The molecule has 0 saturated carbocycles. The third-order valence-corrected chi connectivity index (χ3v) is 9.11. The average Bonchev–Trinajstić information content (AvgIpc) is 2.81. The van der Waals surface area contributed by atoms with Crippen molar-refractivity contribution in [3.8, 4) is 0 Å². The van der Waals surface area contributed by atoms with Gasteiger partial charge in [-0.25, -0.2) is 17.1 Å². The van der Waals surface area contributed by atoms with Crippen molar-refractivity contribution in [2.24, 2.45) is 11.8 Å². The van der Waals surface area contributed by atoms with E-state index in [1.54, 1.807) is 20.8 Å². The molecule has 2 atom stereocenters. The lowest BCUT2D eigenvalue weighted by atomic mass is 9.79. The molecule has 0 aromatic heterocycles. The van der Waals surface area contributed by atoms with Gasteiger partial charge in [0.05, 0.1) is 16.9 Å². The molecule has 2 aromatic rings. The number of alkyl halides is 6. The lowest BCUT2D eigenvalue weighted by Crippen LogP contribution is -2.48.